The predicted molar refractivity (Wildman–Crippen MR) is 128 cm³/mol. The Bertz CT molecular complexity index is 1080. The van der Waals surface area contributed by atoms with Crippen molar-refractivity contribution in [3.8, 4) is 0 Å². The lowest BCUT2D eigenvalue weighted by Crippen LogP contribution is -2.47. The molecule has 0 aromatic heterocycles. The average Bonchev–Trinajstić information content (AvgIpc) is 3.63. The molecular weight excluding hydrogens is 457 g/mol. The normalized spacial score (nSPS) is 14.4. The third-order valence-corrected chi connectivity index (χ3v) is 7.28. The number of amides is 2. The van der Waals surface area contributed by atoms with Crippen LogP contribution in [-0.4, -0.2) is 43.8 Å². The number of benzene rings is 2. The van der Waals surface area contributed by atoms with Crippen LogP contribution in [0.4, 0.5) is 4.39 Å². The van der Waals surface area contributed by atoms with Crippen LogP contribution in [-0.2, 0) is 32.6 Å². The highest BCUT2D eigenvalue weighted by molar-refractivity contribution is 7.89. The van der Waals surface area contributed by atoms with E-state index in [1.807, 2.05) is 6.92 Å². The van der Waals surface area contributed by atoms with E-state index in [9.17, 15) is 22.4 Å². The summed E-state index contributed by atoms with van der Waals surface area (Å²) in [5.41, 5.74) is 1.55. The van der Waals surface area contributed by atoms with Gasteiger partial charge in [-0.15, -0.1) is 0 Å². The number of hydrogen-bond donors (Lipinski definition) is 2. The van der Waals surface area contributed by atoms with Crippen LogP contribution in [0, 0.1) is 5.82 Å². The Balaban J connectivity index is 1.66. The highest BCUT2D eigenvalue weighted by Crippen LogP contribution is 2.22. The second-order valence-corrected chi connectivity index (χ2v) is 10.4. The van der Waals surface area contributed by atoms with Crippen LogP contribution >= 0.6 is 0 Å². The van der Waals surface area contributed by atoms with E-state index in [-0.39, 0.29) is 41.5 Å². The van der Waals surface area contributed by atoms with Gasteiger partial charge in [-0.3, -0.25) is 9.59 Å². The Hall–Kier alpha value is -2.78. The summed E-state index contributed by atoms with van der Waals surface area (Å²) in [5, 5.41) is 2.82. The summed E-state index contributed by atoms with van der Waals surface area (Å²) in [6, 6.07) is 11.7. The van der Waals surface area contributed by atoms with Crippen LogP contribution < -0.4 is 10.0 Å². The third-order valence-electron chi connectivity index (χ3n) is 5.74. The minimum Gasteiger partial charge on any atom is -0.354 e. The van der Waals surface area contributed by atoms with Crippen molar-refractivity contribution >= 4 is 21.8 Å². The van der Waals surface area contributed by atoms with E-state index in [2.05, 4.69) is 10.0 Å². The van der Waals surface area contributed by atoms with Gasteiger partial charge in [0.15, 0.2) is 0 Å². The molecule has 0 heterocycles. The molecule has 1 fully saturated rings. The number of hydrogen-bond acceptors (Lipinski definition) is 4. The van der Waals surface area contributed by atoms with E-state index in [0.717, 1.165) is 30.4 Å². The number of carbonyl (C=O) groups is 2. The lowest BCUT2D eigenvalue weighted by Gasteiger charge is -2.29. The number of sulfonamides is 1. The van der Waals surface area contributed by atoms with Gasteiger partial charge in [0, 0.05) is 25.6 Å². The molecule has 1 atom stereocenters. The fourth-order valence-corrected chi connectivity index (χ4v) is 4.79. The van der Waals surface area contributed by atoms with Gasteiger partial charge in [0.1, 0.15) is 11.9 Å². The summed E-state index contributed by atoms with van der Waals surface area (Å²) in [6.07, 6.45) is 3.06. The molecule has 2 amide bonds. The van der Waals surface area contributed by atoms with Gasteiger partial charge >= 0.3 is 0 Å². The number of aryl methyl sites for hydroxylation is 1. The second-order valence-electron chi connectivity index (χ2n) is 8.65. The predicted octanol–water partition coefficient (Wildman–Crippen LogP) is 3.14. The molecule has 0 radical (unpaired) electrons. The third kappa shape index (κ3) is 7.36. The maximum atomic E-state index is 13.3. The first-order valence-electron chi connectivity index (χ1n) is 11.6. The topological polar surface area (TPSA) is 95.6 Å². The van der Waals surface area contributed by atoms with E-state index in [1.165, 1.54) is 17.0 Å². The lowest BCUT2D eigenvalue weighted by molar-refractivity contribution is -0.140. The smallest absolute Gasteiger partial charge is 0.242 e. The summed E-state index contributed by atoms with van der Waals surface area (Å²) in [7, 11) is -3.52. The Labute approximate surface area is 200 Å². The van der Waals surface area contributed by atoms with Crippen LogP contribution in [0.3, 0.4) is 0 Å². The molecule has 9 heteroatoms. The van der Waals surface area contributed by atoms with E-state index in [0.29, 0.717) is 13.0 Å². The first-order chi connectivity index (χ1) is 16.2. The van der Waals surface area contributed by atoms with Crippen LogP contribution in [0.2, 0.25) is 0 Å². The summed E-state index contributed by atoms with van der Waals surface area (Å²) in [6.45, 7) is 4.33. The molecule has 2 aromatic carbocycles. The molecule has 0 saturated heterocycles. The summed E-state index contributed by atoms with van der Waals surface area (Å²) in [5.74, 6) is -0.821. The molecule has 2 N–H and O–H groups in total. The second kappa shape index (κ2) is 11.6. The standard InChI is InChI=1S/C25H32FN3O4S/c1-3-16-27-25(31)18(2)29(17-20-4-9-21(26)10-5-20)24(30)15-8-19-6-13-23(14-7-19)34(32,33)28-22-11-12-22/h4-7,9-10,13-14,18,22,28H,3,8,11-12,15-17H2,1-2H3,(H,27,31). The Kier molecular flexibility index (Phi) is 8.79. The number of nitrogens with zero attached hydrogens (tertiary/aromatic N) is 1. The summed E-state index contributed by atoms with van der Waals surface area (Å²) in [4.78, 5) is 27.4. The zero-order valence-electron chi connectivity index (χ0n) is 19.6. The molecule has 1 aliphatic carbocycles. The van der Waals surface area contributed by atoms with Crippen molar-refractivity contribution in [2.45, 2.75) is 69.5 Å². The lowest BCUT2D eigenvalue weighted by atomic mass is 10.1. The van der Waals surface area contributed by atoms with Crippen molar-refractivity contribution in [1.82, 2.24) is 14.9 Å². The quantitative estimate of drug-likeness (QED) is 0.479. The highest BCUT2D eigenvalue weighted by Gasteiger charge is 2.28. The highest BCUT2D eigenvalue weighted by atomic mass is 32.2. The van der Waals surface area contributed by atoms with Gasteiger partial charge in [-0.25, -0.2) is 17.5 Å². The van der Waals surface area contributed by atoms with Gasteiger partial charge in [-0.1, -0.05) is 31.2 Å². The molecule has 1 aliphatic rings. The van der Waals surface area contributed by atoms with Gasteiger partial charge in [0.05, 0.1) is 4.90 Å². The molecule has 0 aliphatic heterocycles. The van der Waals surface area contributed by atoms with E-state index in [4.69, 9.17) is 0 Å². The van der Waals surface area contributed by atoms with Crippen LogP contribution in [0.1, 0.15) is 50.7 Å². The minimum absolute atomic E-state index is 0.0332. The first-order valence-corrected chi connectivity index (χ1v) is 13.1. The Morgan fingerprint density at radius 2 is 1.68 bits per heavy atom. The van der Waals surface area contributed by atoms with Crippen molar-refractivity contribution in [1.29, 1.82) is 0 Å². The number of halogens is 1. The van der Waals surface area contributed by atoms with E-state index in [1.54, 1.807) is 43.3 Å². The zero-order valence-corrected chi connectivity index (χ0v) is 20.4. The van der Waals surface area contributed by atoms with Crippen molar-refractivity contribution < 1.29 is 22.4 Å². The number of carbonyl (C=O) groups excluding carboxylic acids is 2. The summed E-state index contributed by atoms with van der Waals surface area (Å²) >= 11 is 0. The number of rotatable bonds is 12. The monoisotopic (exact) mass is 489 g/mol. The van der Waals surface area contributed by atoms with Crippen molar-refractivity contribution in [2.75, 3.05) is 6.54 Å². The molecule has 0 bridgehead atoms. The van der Waals surface area contributed by atoms with Crippen molar-refractivity contribution in [3.05, 3.63) is 65.5 Å². The van der Waals surface area contributed by atoms with Crippen molar-refractivity contribution in [3.63, 3.8) is 0 Å². The fourth-order valence-electron chi connectivity index (χ4n) is 3.48. The maximum absolute atomic E-state index is 13.3. The fraction of sp³-hybridized carbons (Fsp3) is 0.440. The molecule has 3 rings (SSSR count). The Morgan fingerprint density at radius 3 is 2.26 bits per heavy atom. The van der Waals surface area contributed by atoms with Gasteiger partial charge in [0.2, 0.25) is 21.8 Å². The molecular formula is C25H32FN3O4S. The van der Waals surface area contributed by atoms with Crippen LogP contribution in [0.25, 0.3) is 0 Å². The molecule has 0 spiro atoms. The van der Waals surface area contributed by atoms with Gasteiger partial charge < -0.3 is 10.2 Å². The minimum atomic E-state index is -3.52. The van der Waals surface area contributed by atoms with Gasteiger partial charge in [-0.2, -0.15) is 0 Å². The molecule has 7 nitrogen and oxygen atoms in total. The molecule has 1 unspecified atom stereocenters. The Morgan fingerprint density at radius 1 is 1.06 bits per heavy atom. The number of nitrogens with one attached hydrogen (secondary N) is 2. The average molecular weight is 490 g/mol. The first kappa shape index (κ1) is 25.8. The molecule has 34 heavy (non-hydrogen) atoms. The molecule has 1 saturated carbocycles. The van der Waals surface area contributed by atoms with E-state index < -0.39 is 16.1 Å². The molecule has 2 aromatic rings. The summed E-state index contributed by atoms with van der Waals surface area (Å²) < 4.78 is 40.6. The maximum Gasteiger partial charge on any atom is 0.242 e. The largest absolute Gasteiger partial charge is 0.354 e. The van der Waals surface area contributed by atoms with Gasteiger partial charge in [0.25, 0.3) is 0 Å². The van der Waals surface area contributed by atoms with Crippen LogP contribution in [0.15, 0.2) is 53.4 Å². The SMILES string of the molecule is CCCNC(=O)C(C)N(Cc1ccc(F)cc1)C(=O)CCc1ccc(S(=O)(=O)NC2CC2)cc1. The van der Waals surface area contributed by atoms with E-state index >= 15 is 0 Å². The van der Waals surface area contributed by atoms with Crippen LogP contribution in [0.5, 0.6) is 0 Å². The van der Waals surface area contributed by atoms with Gasteiger partial charge in [-0.05, 0) is 68.0 Å². The molecule has 184 valence electrons. The zero-order chi connectivity index (χ0) is 24.7. The van der Waals surface area contributed by atoms with Crippen molar-refractivity contribution in [2.24, 2.45) is 0 Å².